The highest BCUT2D eigenvalue weighted by molar-refractivity contribution is 7.98. The van der Waals surface area contributed by atoms with Crippen molar-refractivity contribution in [3.8, 4) is 5.75 Å². The lowest BCUT2D eigenvalue weighted by Gasteiger charge is -2.46. The minimum absolute atomic E-state index is 0.0883. The number of benzene rings is 2. The van der Waals surface area contributed by atoms with E-state index >= 15 is 0 Å². The van der Waals surface area contributed by atoms with Crippen molar-refractivity contribution in [1.29, 1.82) is 0 Å². The fourth-order valence-corrected chi connectivity index (χ4v) is 5.82. The number of fused-ring (bicyclic) bond motifs is 3. The van der Waals surface area contributed by atoms with Gasteiger partial charge in [0, 0.05) is 29.3 Å². The highest BCUT2D eigenvalue weighted by atomic mass is 32.2. The van der Waals surface area contributed by atoms with Gasteiger partial charge in [0.25, 0.3) is 5.91 Å². The van der Waals surface area contributed by atoms with Crippen LogP contribution in [0, 0.1) is 0 Å². The number of ether oxygens (including phenoxy) is 1. The second-order valence-corrected chi connectivity index (χ2v) is 10.0. The van der Waals surface area contributed by atoms with Gasteiger partial charge in [0.2, 0.25) is 11.2 Å². The fourth-order valence-electron chi connectivity index (χ4n) is 4.72. The van der Waals surface area contributed by atoms with E-state index in [1.807, 2.05) is 48.5 Å². The number of alkyl halides is 3. The SMILES string of the molecule is CCC(=O)Oc1c2n(ccc1=O)N([C@H]1c3ccccc3CSc3ccccc31)CN([C@H](C)C(F)(F)F)C2=O. The van der Waals surface area contributed by atoms with Crippen LogP contribution in [0.4, 0.5) is 13.2 Å². The quantitative estimate of drug-likeness (QED) is 0.438. The molecule has 0 N–H and O–H groups in total. The highest BCUT2D eigenvalue weighted by Gasteiger charge is 2.48. The number of amides is 1. The van der Waals surface area contributed by atoms with Crippen LogP contribution in [0.5, 0.6) is 5.75 Å². The monoisotopic (exact) mass is 543 g/mol. The van der Waals surface area contributed by atoms with E-state index in [9.17, 15) is 27.6 Å². The van der Waals surface area contributed by atoms with E-state index in [4.69, 9.17) is 4.74 Å². The van der Waals surface area contributed by atoms with Gasteiger partial charge in [0.05, 0.1) is 6.04 Å². The third-order valence-corrected chi connectivity index (χ3v) is 7.90. The van der Waals surface area contributed by atoms with Gasteiger partial charge in [-0.1, -0.05) is 49.4 Å². The smallest absolute Gasteiger partial charge is 0.408 e. The second kappa shape index (κ2) is 9.86. The van der Waals surface area contributed by atoms with E-state index in [2.05, 4.69) is 0 Å². The lowest BCUT2D eigenvalue weighted by molar-refractivity contribution is -0.173. The van der Waals surface area contributed by atoms with Crippen LogP contribution in [0.3, 0.4) is 0 Å². The molecule has 0 fully saturated rings. The van der Waals surface area contributed by atoms with Crippen molar-refractivity contribution in [3.63, 3.8) is 0 Å². The van der Waals surface area contributed by atoms with Crippen LogP contribution in [0.15, 0.2) is 70.5 Å². The van der Waals surface area contributed by atoms with Crippen molar-refractivity contribution < 1.29 is 27.5 Å². The molecule has 2 aliphatic rings. The van der Waals surface area contributed by atoms with Gasteiger partial charge < -0.3 is 9.64 Å². The molecule has 0 saturated heterocycles. The Balaban J connectivity index is 1.78. The molecular weight excluding hydrogens is 519 g/mol. The van der Waals surface area contributed by atoms with E-state index in [0.29, 0.717) is 10.7 Å². The molecule has 0 radical (unpaired) electrons. The minimum atomic E-state index is -4.73. The van der Waals surface area contributed by atoms with E-state index in [1.54, 1.807) is 16.8 Å². The number of carbonyl (C=O) groups is 2. The molecule has 38 heavy (non-hydrogen) atoms. The summed E-state index contributed by atoms with van der Waals surface area (Å²) >= 11 is 1.61. The Hall–Kier alpha value is -3.73. The number of carbonyl (C=O) groups excluding carboxylic acids is 2. The standard InChI is InChI=1S/C27H24F3N3O4S/c1-3-22(35)37-25-20(34)12-13-32-24(25)26(36)31(16(2)27(28,29)30)15-33(32)23-18-9-5-4-8-17(18)14-38-21-11-7-6-10-19(21)23/h4-13,16,23H,3,14-15H2,1-2H3/t16-,23+/m1/s1. The Kier molecular flexibility index (Phi) is 6.72. The van der Waals surface area contributed by atoms with Crippen molar-refractivity contribution in [2.24, 2.45) is 0 Å². The van der Waals surface area contributed by atoms with Crippen LogP contribution in [0.25, 0.3) is 0 Å². The molecule has 11 heteroatoms. The first kappa shape index (κ1) is 25.9. The predicted molar refractivity (Wildman–Crippen MR) is 136 cm³/mol. The zero-order chi connectivity index (χ0) is 27.2. The summed E-state index contributed by atoms with van der Waals surface area (Å²) in [6, 6.07) is 13.6. The molecule has 2 aliphatic heterocycles. The summed E-state index contributed by atoms with van der Waals surface area (Å²) in [4.78, 5) is 40.1. The lowest BCUT2D eigenvalue weighted by Crippen LogP contribution is -2.60. The summed E-state index contributed by atoms with van der Waals surface area (Å²) in [6.45, 7) is 1.99. The largest absolute Gasteiger partial charge is 0.420 e. The summed E-state index contributed by atoms with van der Waals surface area (Å²) in [5.74, 6) is -1.77. The minimum Gasteiger partial charge on any atom is -0.420 e. The number of aromatic nitrogens is 1. The Morgan fingerprint density at radius 2 is 1.76 bits per heavy atom. The zero-order valence-corrected chi connectivity index (χ0v) is 21.4. The van der Waals surface area contributed by atoms with Gasteiger partial charge >= 0.3 is 12.1 Å². The van der Waals surface area contributed by atoms with Crippen LogP contribution < -0.4 is 15.2 Å². The van der Waals surface area contributed by atoms with Gasteiger partial charge in [-0.25, -0.2) is 0 Å². The van der Waals surface area contributed by atoms with Crippen LogP contribution in [-0.2, 0) is 10.5 Å². The van der Waals surface area contributed by atoms with Crippen LogP contribution in [0.2, 0.25) is 0 Å². The number of nitrogens with zero attached hydrogens (tertiary/aromatic N) is 3. The summed E-state index contributed by atoms with van der Waals surface area (Å²) < 4.78 is 48.5. The molecule has 7 nitrogen and oxygen atoms in total. The van der Waals surface area contributed by atoms with Gasteiger partial charge in [-0.2, -0.15) is 13.2 Å². The number of rotatable bonds is 4. The van der Waals surface area contributed by atoms with Crippen molar-refractivity contribution in [2.75, 3.05) is 11.7 Å². The highest BCUT2D eigenvalue weighted by Crippen LogP contribution is 2.43. The molecule has 0 aliphatic carbocycles. The first-order valence-electron chi connectivity index (χ1n) is 12.0. The molecule has 5 rings (SSSR count). The molecule has 0 bridgehead atoms. The third-order valence-electron chi connectivity index (χ3n) is 6.76. The average molecular weight is 544 g/mol. The first-order chi connectivity index (χ1) is 18.1. The molecule has 1 amide bonds. The molecule has 2 aromatic carbocycles. The molecular formula is C27H24F3N3O4S. The van der Waals surface area contributed by atoms with Crippen molar-refractivity contribution in [2.45, 2.75) is 49.2 Å². The summed E-state index contributed by atoms with van der Waals surface area (Å²) in [5.41, 5.74) is 1.49. The number of hydrogen-bond acceptors (Lipinski definition) is 6. The summed E-state index contributed by atoms with van der Waals surface area (Å²) in [6.07, 6.45) is -3.47. The number of hydrogen-bond donors (Lipinski definition) is 0. The van der Waals surface area contributed by atoms with E-state index in [1.165, 1.54) is 17.8 Å². The number of pyridine rings is 1. The average Bonchev–Trinajstić information content (AvgIpc) is 3.06. The Morgan fingerprint density at radius 3 is 2.47 bits per heavy atom. The van der Waals surface area contributed by atoms with E-state index < -0.39 is 53.7 Å². The Labute approximate surface area is 220 Å². The molecule has 0 saturated carbocycles. The van der Waals surface area contributed by atoms with Crippen LogP contribution in [-0.4, -0.2) is 40.3 Å². The first-order valence-corrected chi connectivity index (χ1v) is 13.0. The van der Waals surface area contributed by atoms with E-state index in [-0.39, 0.29) is 6.42 Å². The van der Waals surface area contributed by atoms with E-state index in [0.717, 1.165) is 34.6 Å². The second-order valence-electron chi connectivity index (χ2n) is 9.03. The predicted octanol–water partition coefficient (Wildman–Crippen LogP) is 4.86. The molecule has 2 atom stereocenters. The van der Waals surface area contributed by atoms with Crippen LogP contribution in [0.1, 0.15) is 53.5 Å². The number of esters is 1. The Morgan fingerprint density at radius 1 is 1.08 bits per heavy atom. The van der Waals surface area contributed by atoms with Crippen LogP contribution >= 0.6 is 11.8 Å². The van der Waals surface area contributed by atoms with Crippen molar-refractivity contribution >= 4 is 23.6 Å². The van der Waals surface area contributed by atoms with Crippen molar-refractivity contribution in [3.05, 3.63) is 93.4 Å². The number of thioether (sulfide) groups is 1. The lowest BCUT2D eigenvalue weighted by atomic mass is 9.94. The fraction of sp³-hybridized carbons (Fsp3) is 0.296. The molecule has 0 spiro atoms. The third kappa shape index (κ3) is 4.44. The molecule has 3 aromatic rings. The molecule has 198 valence electrons. The zero-order valence-electron chi connectivity index (χ0n) is 20.6. The maximum Gasteiger partial charge on any atom is 0.408 e. The van der Waals surface area contributed by atoms with Gasteiger partial charge in [-0.15, -0.1) is 11.8 Å². The maximum absolute atomic E-state index is 14.0. The van der Waals surface area contributed by atoms with Gasteiger partial charge in [-0.05, 0) is 29.7 Å². The van der Waals surface area contributed by atoms with Gasteiger partial charge in [0.15, 0.2) is 5.69 Å². The topological polar surface area (TPSA) is 71.8 Å². The van der Waals surface area contributed by atoms with Gasteiger partial charge in [-0.3, -0.25) is 24.1 Å². The normalized spacial score (nSPS) is 17.7. The van der Waals surface area contributed by atoms with Crippen molar-refractivity contribution in [1.82, 2.24) is 9.58 Å². The molecule has 1 aromatic heterocycles. The summed E-state index contributed by atoms with van der Waals surface area (Å²) in [5, 5.41) is 1.62. The number of halogens is 3. The molecule has 0 unspecified atom stereocenters. The maximum atomic E-state index is 14.0. The summed E-state index contributed by atoms with van der Waals surface area (Å²) in [7, 11) is 0. The van der Waals surface area contributed by atoms with Gasteiger partial charge in [0.1, 0.15) is 12.7 Å². The Bertz CT molecular complexity index is 1420. The molecule has 3 heterocycles.